The molecule has 0 unspecified atom stereocenters. The van der Waals surface area contributed by atoms with Gasteiger partial charge in [0.15, 0.2) is 0 Å². The Morgan fingerprint density at radius 2 is 2.09 bits per heavy atom. The van der Waals surface area contributed by atoms with Gasteiger partial charge in [-0.3, -0.25) is 0 Å². The van der Waals surface area contributed by atoms with Gasteiger partial charge in [0, 0.05) is 11.1 Å². The van der Waals surface area contributed by atoms with Crippen LogP contribution >= 0.6 is 0 Å². The van der Waals surface area contributed by atoms with E-state index in [0.29, 0.717) is 0 Å². The zero-order valence-corrected chi connectivity index (χ0v) is 13.6. The highest BCUT2D eigenvalue weighted by Gasteiger charge is 2.53. The van der Waals surface area contributed by atoms with E-state index in [-0.39, 0.29) is 5.41 Å². The van der Waals surface area contributed by atoms with E-state index in [0.717, 1.165) is 29.9 Å². The van der Waals surface area contributed by atoms with Crippen LogP contribution in [0.15, 0.2) is 23.3 Å². The quantitative estimate of drug-likeness (QED) is 0.632. The number of ether oxygens (including phenoxy) is 1. The Morgan fingerprint density at radius 1 is 1.23 bits per heavy atom. The smallest absolute Gasteiger partial charge is 0.119 e. The number of rotatable bonds is 1. The van der Waals surface area contributed by atoms with Crippen LogP contribution in [0.5, 0.6) is 5.75 Å². The molecule has 0 aliphatic heterocycles. The second-order valence-electron chi connectivity index (χ2n) is 7.55. The van der Waals surface area contributed by atoms with Crippen molar-refractivity contribution in [3.05, 3.63) is 29.3 Å². The predicted octanol–water partition coefficient (Wildman–Crippen LogP) is 3.87. The monoisotopic (exact) mass is 298 g/mol. The minimum absolute atomic E-state index is 0.264. The molecule has 118 valence electrons. The first-order chi connectivity index (χ1) is 10.7. The Morgan fingerprint density at radius 3 is 2.86 bits per heavy atom. The number of aryl methyl sites for hydroxylation is 1. The lowest BCUT2D eigenvalue weighted by Crippen LogP contribution is -2.42. The van der Waals surface area contributed by atoms with E-state index in [4.69, 9.17) is 10.6 Å². The van der Waals surface area contributed by atoms with Gasteiger partial charge in [0.25, 0.3) is 0 Å². The maximum atomic E-state index is 5.68. The van der Waals surface area contributed by atoms with Gasteiger partial charge in [-0.25, -0.2) is 0 Å². The summed E-state index contributed by atoms with van der Waals surface area (Å²) in [6.07, 6.45) is 7.39. The van der Waals surface area contributed by atoms with Crippen LogP contribution < -0.4 is 10.6 Å². The normalized spacial score (nSPS) is 38.3. The first-order valence-electron chi connectivity index (χ1n) is 8.61. The van der Waals surface area contributed by atoms with Crippen molar-refractivity contribution in [1.29, 1.82) is 0 Å². The fourth-order valence-electron chi connectivity index (χ4n) is 5.69. The summed E-state index contributed by atoms with van der Waals surface area (Å²) >= 11 is 0. The van der Waals surface area contributed by atoms with Gasteiger partial charge in [0.2, 0.25) is 0 Å². The van der Waals surface area contributed by atoms with E-state index in [1.54, 1.807) is 12.7 Å². The maximum Gasteiger partial charge on any atom is 0.119 e. The van der Waals surface area contributed by atoms with E-state index in [2.05, 4.69) is 30.2 Å². The molecule has 2 saturated carbocycles. The van der Waals surface area contributed by atoms with Crippen LogP contribution in [-0.2, 0) is 6.42 Å². The number of fused-ring (bicyclic) bond motifs is 5. The highest BCUT2D eigenvalue weighted by Crippen LogP contribution is 2.59. The summed E-state index contributed by atoms with van der Waals surface area (Å²) in [4.78, 5) is 0. The third kappa shape index (κ3) is 1.84. The van der Waals surface area contributed by atoms with Crippen molar-refractivity contribution in [2.24, 2.45) is 28.2 Å². The Bertz CT molecular complexity index is 624. The zero-order valence-electron chi connectivity index (χ0n) is 13.6. The number of hydrogen-bond donors (Lipinski definition) is 1. The maximum absolute atomic E-state index is 5.68. The van der Waals surface area contributed by atoms with Gasteiger partial charge >= 0.3 is 0 Å². The van der Waals surface area contributed by atoms with Crippen molar-refractivity contribution in [3.63, 3.8) is 0 Å². The molecule has 3 aliphatic carbocycles. The summed E-state index contributed by atoms with van der Waals surface area (Å²) in [7, 11) is 1.76. The molecule has 0 heterocycles. The summed E-state index contributed by atoms with van der Waals surface area (Å²) in [5.41, 5.74) is 4.63. The fraction of sp³-hybridized carbons (Fsp3) is 0.632. The minimum Gasteiger partial charge on any atom is -0.497 e. The summed E-state index contributed by atoms with van der Waals surface area (Å²) in [6, 6.07) is 6.71. The lowest BCUT2D eigenvalue weighted by atomic mass is 9.55. The van der Waals surface area contributed by atoms with E-state index in [9.17, 15) is 0 Å². The molecule has 0 spiro atoms. The molecule has 0 radical (unpaired) electrons. The van der Waals surface area contributed by atoms with Gasteiger partial charge in [-0.2, -0.15) is 5.10 Å². The van der Waals surface area contributed by atoms with Crippen LogP contribution in [0.1, 0.15) is 56.1 Å². The molecule has 22 heavy (non-hydrogen) atoms. The predicted molar refractivity (Wildman–Crippen MR) is 89.2 cm³/mol. The summed E-state index contributed by atoms with van der Waals surface area (Å²) in [5.74, 6) is 8.97. The van der Waals surface area contributed by atoms with Crippen LogP contribution in [0.3, 0.4) is 0 Å². The van der Waals surface area contributed by atoms with Crippen LogP contribution in [0.25, 0.3) is 0 Å². The SMILES string of the molecule is COc1ccc2c(c1)CC[C@@H]1[C@@H]2CC[C@]2(C)/C(=N\N)CC[C@@H]12. The summed E-state index contributed by atoms with van der Waals surface area (Å²) in [5, 5.41) is 4.15. The topological polar surface area (TPSA) is 47.6 Å². The lowest BCUT2D eigenvalue weighted by Gasteiger charge is -2.49. The second-order valence-corrected chi connectivity index (χ2v) is 7.55. The highest BCUT2D eigenvalue weighted by molar-refractivity contribution is 5.92. The lowest BCUT2D eigenvalue weighted by molar-refractivity contribution is 0.0955. The fourth-order valence-corrected chi connectivity index (χ4v) is 5.69. The molecule has 2 fully saturated rings. The molecule has 3 aliphatic rings. The zero-order chi connectivity index (χ0) is 15.3. The third-order valence-corrected chi connectivity index (χ3v) is 6.83. The number of methoxy groups -OCH3 is 1. The van der Waals surface area contributed by atoms with E-state index >= 15 is 0 Å². The summed E-state index contributed by atoms with van der Waals surface area (Å²) < 4.78 is 5.40. The average molecular weight is 298 g/mol. The number of hydrazone groups is 1. The van der Waals surface area contributed by atoms with Crippen LogP contribution in [0, 0.1) is 17.3 Å². The highest BCUT2D eigenvalue weighted by atomic mass is 16.5. The molecule has 1 aromatic carbocycles. The molecule has 0 aromatic heterocycles. The van der Waals surface area contributed by atoms with Crippen molar-refractivity contribution in [2.75, 3.05) is 7.11 Å². The molecule has 4 rings (SSSR count). The summed E-state index contributed by atoms with van der Waals surface area (Å²) in [6.45, 7) is 2.41. The first-order valence-corrected chi connectivity index (χ1v) is 8.61. The van der Waals surface area contributed by atoms with Crippen molar-refractivity contribution in [2.45, 2.75) is 51.4 Å². The average Bonchev–Trinajstić information content (AvgIpc) is 2.90. The molecule has 2 N–H and O–H groups in total. The van der Waals surface area contributed by atoms with Crippen molar-refractivity contribution < 1.29 is 4.74 Å². The Balaban J connectivity index is 1.69. The van der Waals surface area contributed by atoms with Gasteiger partial charge in [0.05, 0.1) is 7.11 Å². The van der Waals surface area contributed by atoms with Crippen LogP contribution in [-0.4, -0.2) is 12.8 Å². The van der Waals surface area contributed by atoms with Crippen molar-refractivity contribution in [3.8, 4) is 5.75 Å². The molecule has 3 heteroatoms. The number of nitrogens with two attached hydrogens (primary N) is 1. The largest absolute Gasteiger partial charge is 0.497 e. The van der Waals surface area contributed by atoms with E-state index in [1.165, 1.54) is 43.4 Å². The van der Waals surface area contributed by atoms with Gasteiger partial charge in [-0.1, -0.05) is 13.0 Å². The second kappa shape index (κ2) is 5.00. The van der Waals surface area contributed by atoms with E-state index in [1.807, 2.05) is 0 Å². The molecule has 0 saturated heterocycles. The molecule has 1 aromatic rings. The molecule has 0 bridgehead atoms. The van der Waals surface area contributed by atoms with Gasteiger partial charge in [-0.15, -0.1) is 0 Å². The molecular weight excluding hydrogens is 272 g/mol. The molecular formula is C19H26N2O. The van der Waals surface area contributed by atoms with E-state index < -0.39 is 0 Å². The number of nitrogens with zero attached hydrogens (tertiary/aromatic N) is 1. The number of benzene rings is 1. The van der Waals surface area contributed by atoms with Gasteiger partial charge < -0.3 is 10.6 Å². The molecule has 0 amide bonds. The van der Waals surface area contributed by atoms with Crippen molar-refractivity contribution in [1.82, 2.24) is 0 Å². The standard InChI is InChI=1S/C19H26N2O/c1-19-10-9-15-14-6-4-13(22-2)11-12(14)3-5-16(15)17(19)7-8-18(19)21-20/h4,6,11,15-17H,3,5,7-10,20H2,1-2H3/b21-18-/t15-,16-,17+,19+/m1/s1. The van der Waals surface area contributed by atoms with Gasteiger partial charge in [-0.05, 0) is 79.5 Å². The van der Waals surface area contributed by atoms with Crippen molar-refractivity contribution >= 4 is 5.71 Å². The third-order valence-electron chi connectivity index (χ3n) is 6.83. The Labute approximate surface area is 132 Å². The van der Waals surface area contributed by atoms with Crippen LogP contribution in [0.2, 0.25) is 0 Å². The van der Waals surface area contributed by atoms with Gasteiger partial charge in [0.1, 0.15) is 5.75 Å². The Hall–Kier alpha value is -1.51. The minimum atomic E-state index is 0.264. The first kappa shape index (κ1) is 14.1. The molecule has 4 atom stereocenters. The van der Waals surface area contributed by atoms with Crippen LogP contribution in [0.4, 0.5) is 0 Å². The Kier molecular flexibility index (Phi) is 3.21. The number of hydrogen-bond acceptors (Lipinski definition) is 3. The molecule has 3 nitrogen and oxygen atoms in total.